The molecule has 5 nitrogen and oxygen atoms in total. The van der Waals surface area contributed by atoms with Crippen LogP contribution in [0, 0.1) is 0 Å². The van der Waals surface area contributed by atoms with Crippen LogP contribution in [0.4, 0.5) is 5.82 Å². The second kappa shape index (κ2) is 5.48. The van der Waals surface area contributed by atoms with Gasteiger partial charge in [0.05, 0.1) is 4.99 Å². The molecular formula is C12H18N4OS. The van der Waals surface area contributed by atoms with Gasteiger partial charge in [-0.1, -0.05) is 12.2 Å². The van der Waals surface area contributed by atoms with Crippen LogP contribution >= 0.6 is 12.2 Å². The third-order valence-corrected chi connectivity index (χ3v) is 3.25. The molecule has 1 aromatic heterocycles. The molecule has 0 atom stereocenters. The van der Waals surface area contributed by atoms with Crippen LogP contribution in [0.5, 0.6) is 0 Å². The zero-order chi connectivity index (χ0) is 13.1. The minimum atomic E-state index is -0.0873. The molecule has 0 radical (unpaired) electrons. The van der Waals surface area contributed by atoms with Crippen molar-refractivity contribution in [2.45, 2.75) is 32.1 Å². The van der Waals surface area contributed by atoms with E-state index in [0.717, 1.165) is 31.0 Å². The monoisotopic (exact) mass is 266 g/mol. The second-order valence-electron chi connectivity index (χ2n) is 4.56. The minimum absolute atomic E-state index is 0.0873. The lowest BCUT2D eigenvalue weighted by Crippen LogP contribution is -2.29. The van der Waals surface area contributed by atoms with Gasteiger partial charge in [-0.25, -0.2) is 4.98 Å². The molecule has 1 saturated carbocycles. The molecule has 98 valence electrons. The summed E-state index contributed by atoms with van der Waals surface area (Å²) in [5.41, 5.74) is 5.42. The van der Waals surface area contributed by atoms with Crippen LogP contribution in [0.2, 0.25) is 0 Å². The van der Waals surface area contributed by atoms with Crippen molar-refractivity contribution in [2.75, 3.05) is 18.0 Å². The van der Waals surface area contributed by atoms with E-state index < -0.39 is 0 Å². The molecule has 2 rings (SSSR count). The van der Waals surface area contributed by atoms with Gasteiger partial charge >= 0.3 is 0 Å². The van der Waals surface area contributed by atoms with E-state index in [-0.39, 0.29) is 5.56 Å². The van der Waals surface area contributed by atoms with E-state index in [2.05, 4.69) is 9.97 Å². The van der Waals surface area contributed by atoms with Crippen LogP contribution in [0.3, 0.4) is 0 Å². The molecule has 1 heterocycles. The molecule has 1 aliphatic carbocycles. The molecular weight excluding hydrogens is 248 g/mol. The standard InChI is InChI=1S/C12H18N4OS/c1-2-16(6-5-9(13)18)10-7-11(17)15-12(14-10)8-3-4-8/h7-8H,2-6H2,1H3,(H2,13,18)(H,14,15,17). The van der Waals surface area contributed by atoms with Gasteiger partial charge in [-0.15, -0.1) is 0 Å². The second-order valence-corrected chi connectivity index (χ2v) is 5.08. The lowest BCUT2D eigenvalue weighted by molar-refractivity contribution is 0.796. The normalized spacial score (nSPS) is 14.5. The summed E-state index contributed by atoms with van der Waals surface area (Å²) in [5.74, 6) is 1.97. The number of anilines is 1. The van der Waals surface area contributed by atoms with Gasteiger partial charge in [-0.05, 0) is 19.8 Å². The Morgan fingerprint density at radius 2 is 2.39 bits per heavy atom. The third-order valence-electron chi connectivity index (χ3n) is 3.04. The molecule has 0 saturated heterocycles. The molecule has 0 aromatic carbocycles. The predicted molar refractivity (Wildman–Crippen MR) is 76.1 cm³/mol. The fourth-order valence-corrected chi connectivity index (χ4v) is 1.95. The molecule has 6 heteroatoms. The summed E-state index contributed by atoms with van der Waals surface area (Å²) >= 11 is 4.88. The van der Waals surface area contributed by atoms with Crippen LogP contribution in [0.1, 0.15) is 37.9 Å². The summed E-state index contributed by atoms with van der Waals surface area (Å²) in [6, 6.07) is 1.54. The zero-order valence-electron chi connectivity index (χ0n) is 10.5. The molecule has 0 bridgehead atoms. The number of hydrogen-bond donors (Lipinski definition) is 2. The van der Waals surface area contributed by atoms with Crippen molar-refractivity contribution in [3.05, 3.63) is 22.2 Å². The van der Waals surface area contributed by atoms with Gasteiger partial charge in [0.25, 0.3) is 5.56 Å². The van der Waals surface area contributed by atoms with E-state index >= 15 is 0 Å². The Balaban J connectivity index is 2.18. The summed E-state index contributed by atoms with van der Waals surface area (Å²) in [6.07, 6.45) is 2.87. The first-order chi connectivity index (χ1) is 8.60. The molecule has 3 N–H and O–H groups in total. The van der Waals surface area contributed by atoms with Crippen molar-refractivity contribution >= 4 is 23.0 Å². The summed E-state index contributed by atoms with van der Waals surface area (Å²) < 4.78 is 0. The van der Waals surface area contributed by atoms with Crippen molar-refractivity contribution < 1.29 is 0 Å². The van der Waals surface area contributed by atoms with Crippen molar-refractivity contribution in [3.8, 4) is 0 Å². The Morgan fingerprint density at radius 3 is 2.94 bits per heavy atom. The molecule has 18 heavy (non-hydrogen) atoms. The fraction of sp³-hybridized carbons (Fsp3) is 0.583. The van der Waals surface area contributed by atoms with E-state index in [1.165, 1.54) is 6.07 Å². The summed E-state index contributed by atoms with van der Waals surface area (Å²) in [7, 11) is 0. The molecule has 1 aromatic rings. The zero-order valence-corrected chi connectivity index (χ0v) is 11.3. The Labute approximate surface area is 111 Å². The average Bonchev–Trinajstić information content (AvgIpc) is 3.12. The summed E-state index contributed by atoms with van der Waals surface area (Å²) in [6.45, 7) is 3.51. The maximum Gasteiger partial charge on any atom is 0.252 e. The lowest BCUT2D eigenvalue weighted by atomic mass is 10.3. The van der Waals surface area contributed by atoms with Crippen LogP contribution < -0.4 is 16.2 Å². The number of nitrogens with one attached hydrogen (secondary N) is 1. The number of hydrogen-bond acceptors (Lipinski definition) is 4. The fourth-order valence-electron chi connectivity index (χ4n) is 1.86. The van der Waals surface area contributed by atoms with E-state index in [9.17, 15) is 4.79 Å². The Kier molecular flexibility index (Phi) is 3.96. The van der Waals surface area contributed by atoms with Gasteiger partial charge in [0.2, 0.25) is 0 Å². The van der Waals surface area contributed by atoms with Crippen molar-refractivity contribution in [1.82, 2.24) is 9.97 Å². The third kappa shape index (κ3) is 3.29. The van der Waals surface area contributed by atoms with Crippen molar-refractivity contribution in [3.63, 3.8) is 0 Å². The Bertz CT molecular complexity index is 495. The van der Waals surface area contributed by atoms with Gasteiger partial charge < -0.3 is 15.6 Å². The van der Waals surface area contributed by atoms with E-state index in [1.54, 1.807) is 0 Å². The smallest absolute Gasteiger partial charge is 0.252 e. The number of H-pyrrole nitrogens is 1. The van der Waals surface area contributed by atoms with Crippen LogP contribution in [0.15, 0.2) is 10.9 Å². The number of aromatic nitrogens is 2. The maximum atomic E-state index is 11.6. The van der Waals surface area contributed by atoms with Crippen LogP contribution in [0.25, 0.3) is 0 Å². The molecule has 1 aliphatic rings. The maximum absolute atomic E-state index is 11.6. The van der Waals surface area contributed by atoms with Crippen molar-refractivity contribution in [1.29, 1.82) is 0 Å². The summed E-state index contributed by atoms with van der Waals surface area (Å²) in [5, 5.41) is 0. The highest BCUT2D eigenvalue weighted by Gasteiger charge is 2.26. The van der Waals surface area contributed by atoms with E-state index in [0.29, 0.717) is 23.9 Å². The summed E-state index contributed by atoms with van der Waals surface area (Å²) in [4.78, 5) is 21.5. The average molecular weight is 266 g/mol. The van der Waals surface area contributed by atoms with Crippen LogP contribution in [-0.2, 0) is 0 Å². The van der Waals surface area contributed by atoms with E-state index in [1.807, 2.05) is 11.8 Å². The first-order valence-electron chi connectivity index (χ1n) is 6.24. The molecule has 0 spiro atoms. The molecule has 0 amide bonds. The Hall–Kier alpha value is -1.43. The largest absolute Gasteiger partial charge is 0.393 e. The van der Waals surface area contributed by atoms with Gasteiger partial charge in [-0.2, -0.15) is 0 Å². The minimum Gasteiger partial charge on any atom is -0.393 e. The first kappa shape index (κ1) is 13.0. The molecule has 0 aliphatic heterocycles. The van der Waals surface area contributed by atoms with Crippen LogP contribution in [-0.4, -0.2) is 28.0 Å². The molecule has 1 fully saturated rings. The molecule has 0 unspecified atom stereocenters. The van der Waals surface area contributed by atoms with Gasteiger partial charge in [-0.3, -0.25) is 4.79 Å². The van der Waals surface area contributed by atoms with Crippen molar-refractivity contribution in [2.24, 2.45) is 5.73 Å². The Morgan fingerprint density at radius 1 is 1.67 bits per heavy atom. The lowest BCUT2D eigenvalue weighted by Gasteiger charge is -2.21. The number of aromatic amines is 1. The SMILES string of the molecule is CCN(CCC(N)=S)c1cc(=O)[nH]c(C2CC2)n1. The number of nitrogens with zero attached hydrogens (tertiary/aromatic N) is 2. The number of nitrogens with two attached hydrogens (primary N) is 1. The van der Waals surface area contributed by atoms with E-state index in [4.69, 9.17) is 18.0 Å². The van der Waals surface area contributed by atoms with Gasteiger partial charge in [0, 0.05) is 31.5 Å². The quantitative estimate of drug-likeness (QED) is 0.755. The van der Waals surface area contributed by atoms with Gasteiger partial charge in [0.1, 0.15) is 11.6 Å². The van der Waals surface area contributed by atoms with Gasteiger partial charge in [0.15, 0.2) is 0 Å². The highest BCUT2D eigenvalue weighted by atomic mass is 32.1. The highest BCUT2D eigenvalue weighted by molar-refractivity contribution is 7.80. The number of thiocarbonyl (C=S) groups is 1. The topological polar surface area (TPSA) is 75.0 Å². The highest BCUT2D eigenvalue weighted by Crippen LogP contribution is 2.37. The predicted octanol–water partition coefficient (Wildman–Crippen LogP) is 1.15. The first-order valence-corrected chi connectivity index (χ1v) is 6.65. The number of rotatable bonds is 6.